The average Bonchev–Trinajstić information content (AvgIpc) is 2.75. The molecule has 0 bridgehead atoms. The Kier molecular flexibility index (Phi) is 2.86. The van der Waals surface area contributed by atoms with Gasteiger partial charge in [-0.05, 0) is 49.2 Å². The number of hydrogen-bond acceptors (Lipinski definition) is 4. The van der Waals surface area contributed by atoms with Crippen molar-refractivity contribution >= 4 is 28.2 Å². The lowest BCUT2D eigenvalue weighted by Gasteiger charge is -2.12. The molecular formula is C16H17N3O. The van der Waals surface area contributed by atoms with Crippen LogP contribution in [-0.4, -0.2) is 4.98 Å². The zero-order valence-electron chi connectivity index (χ0n) is 11.8. The first kappa shape index (κ1) is 12.5. The van der Waals surface area contributed by atoms with Crippen LogP contribution in [0.15, 0.2) is 34.7 Å². The molecule has 0 aliphatic rings. The van der Waals surface area contributed by atoms with Crippen LogP contribution >= 0.6 is 0 Å². The largest absolute Gasteiger partial charge is 0.441 e. The molecule has 3 N–H and O–H groups in total. The van der Waals surface area contributed by atoms with Crippen LogP contribution in [-0.2, 0) is 0 Å². The topological polar surface area (TPSA) is 64.1 Å². The highest BCUT2D eigenvalue weighted by Gasteiger charge is 2.06. The van der Waals surface area contributed by atoms with Crippen LogP contribution in [0.2, 0.25) is 0 Å². The van der Waals surface area contributed by atoms with Gasteiger partial charge in [0, 0.05) is 18.7 Å². The van der Waals surface area contributed by atoms with E-state index in [1.54, 1.807) is 0 Å². The number of rotatable bonds is 2. The predicted octanol–water partition coefficient (Wildman–Crippen LogP) is 4.08. The summed E-state index contributed by atoms with van der Waals surface area (Å²) in [6.45, 7) is 5.97. The summed E-state index contributed by atoms with van der Waals surface area (Å²) >= 11 is 0. The highest BCUT2D eigenvalue weighted by Crippen LogP contribution is 2.28. The Hall–Kier alpha value is -2.49. The summed E-state index contributed by atoms with van der Waals surface area (Å²) in [4.78, 5) is 4.29. The van der Waals surface area contributed by atoms with E-state index in [1.807, 2.05) is 31.2 Å². The molecule has 2 aromatic carbocycles. The van der Waals surface area contributed by atoms with Gasteiger partial charge in [0.2, 0.25) is 0 Å². The van der Waals surface area contributed by atoms with Gasteiger partial charge in [-0.3, -0.25) is 0 Å². The molecule has 0 amide bonds. The van der Waals surface area contributed by atoms with Crippen molar-refractivity contribution in [3.63, 3.8) is 0 Å². The lowest BCUT2D eigenvalue weighted by atomic mass is 10.1. The van der Waals surface area contributed by atoms with Crippen molar-refractivity contribution in [1.29, 1.82) is 0 Å². The highest BCUT2D eigenvalue weighted by atomic mass is 16.3. The molecule has 4 heteroatoms. The molecule has 3 rings (SSSR count). The van der Waals surface area contributed by atoms with E-state index in [0.29, 0.717) is 5.89 Å². The molecular weight excluding hydrogens is 250 g/mol. The molecule has 0 saturated heterocycles. The summed E-state index contributed by atoms with van der Waals surface area (Å²) < 4.78 is 5.54. The first-order valence-electron chi connectivity index (χ1n) is 6.54. The Labute approximate surface area is 117 Å². The summed E-state index contributed by atoms with van der Waals surface area (Å²) in [5.41, 5.74) is 12.7. The smallest absolute Gasteiger partial charge is 0.192 e. The molecule has 4 nitrogen and oxygen atoms in total. The van der Waals surface area contributed by atoms with E-state index in [0.717, 1.165) is 28.2 Å². The van der Waals surface area contributed by atoms with Crippen LogP contribution in [0.4, 0.5) is 17.1 Å². The molecule has 0 aliphatic carbocycles. The third kappa shape index (κ3) is 2.20. The molecule has 0 spiro atoms. The van der Waals surface area contributed by atoms with Gasteiger partial charge in [-0.1, -0.05) is 0 Å². The maximum absolute atomic E-state index is 6.06. The van der Waals surface area contributed by atoms with E-state index in [9.17, 15) is 0 Å². The van der Waals surface area contributed by atoms with Gasteiger partial charge in [0.05, 0.1) is 11.4 Å². The summed E-state index contributed by atoms with van der Waals surface area (Å²) in [5, 5.41) is 3.33. The van der Waals surface area contributed by atoms with Gasteiger partial charge in [0.15, 0.2) is 11.5 Å². The lowest BCUT2D eigenvalue weighted by molar-refractivity contribution is 0.561. The standard InChI is InChI=1S/C16H17N3O/c1-9-6-13(17)15(7-10(9)2)19-12-4-5-14-16(8-12)20-11(3)18-14/h4-8,19H,17H2,1-3H3. The molecule has 1 aromatic heterocycles. The second-order valence-corrected chi connectivity index (χ2v) is 5.06. The van der Waals surface area contributed by atoms with E-state index in [1.165, 1.54) is 11.1 Å². The SMILES string of the molecule is Cc1nc2ccc(Nc3cc(C)c(C)cc3N)cc2o1. The number of anilines is 3. The van der Waals surface area contributed by atoms with E-state index in [-0.39, 0.29) is 0 Å². The summed E-state index contributed by atoms with van der Waals surface area (Å²) in [5.74, 6) is 0.669. The molecule has 0 unspecified atom stereocenters. The van der Waals surface area contributed by atoms with Gasteiger partial charge < -0.3 is 15.5 Å². The average molecular weight is 267 g/mol. The summed E-state index contributed by atoms with van der Waals surface area (Å²) in [6, 6.07) is 9.88. The molecule has 0 atom stereocenters. The number of nitrogens with two attached hydrogens (primary N) is 1. The van der Waals surface area contributed by atoms with Gasteiger partial charge in [0.1, 0.15) is 5.52 Å². The number of oxazole rings is 1. The lowest BCUT2D eigenvalue weighted by Crippen LogP contribution is -1.98. The number of aryl methyl sites for hydroxylation is 3. The molecule has 0 aliphatic heterocycles. The van der Waals surface area contributed by atoms with Crippen molar-refractivity contribution in [2.45, 2.75) is 20.8 Å². The number of nitrogen functional groups attached to an aromatic ring is 1. The number of hydrogen-bond donors (Lipinski definition) is 2. The van der Waals surface area contributed by atoms with Crippen LogP contribution in [0.3, 0.4) is 0 Å². The second-order valence-electron chi connectivity index (χ2n) is 5.06. The Balaban J connectivity index is 1.98. The van der Waals surface area contributed by atoms with Crippen LogP contribution in [0.5, 0.6) is 0 Å². The van der Waals surface area contributed by atoms with Gasteiger partial charge in [0.25, 0.3) is 0 Å². The fourth-order valence-electron chi connectivity index (χ4n) is 2.22. The summed E-state index contributed by atoms with van der Waals surface area (Å²) in [7, 11) is 0. The summed E-state index contributed by atoms with van der Waals surface area (Å²) in [6.07, 6.45) is 0. The Morgan fingerprint density at radius 2 is 1.80 bits per heavy atom. The minimum Gasteiger partial charge on any atom is -0.441 e. The molecule has 0 saturated carbocycles. The second kappa shape index (κ2) is 4.56. The van der Waals surface area contributed by atoms with E-state index >= 15 is 0 Å². The van der Waals surface area contributed by atoms with E-state index < -0.39 is 0 Å². The quantitative estimate of drug-likeness (QED) is 0.687. The third-order valence-corrected chi connectivity index (χ3v) is 3.44. The molecule has 20 heavy (non-hydrogen) atoms. The number of nitrogens with zero attached hydrogens (tertiary/aromatic N) is 1. The zero-order valence-corrected chi connectivity index (χ0v) is 11.8. The van der Waals surface area contributed by atoms with Crippen LogP contribution in [0.25, 0.3) is 11.1 Å². The highest BCUT2D eigenvalue weighted by molar-refractivity contribution is 5.81. The van der Waals surface area contributed by atoms with Gasteiger partial charge in [-0.25, -0.2) is 4.98 Å². The fraction of sp³-hybridized carbons (Fsp3) is 0.188. The van der Waals surface area contributed by atoms with Crippen LogP contribution in [0, 0.1) is 20.8 Å². The number of benzene rings is 2. The Morgan fingerprint density at radius 3 is 2.60 bits per heavy atom. The molecule has 0 radical (unpaired) electrons. The minimum atomic E-state index is 0.669. The zero-order chi connectivity index (χ0) is 14.3. The minimum absolute atomic E-state index is 0.669. The number of fused-ring (bicyclic) bond motifs is 1. The molecule has 3 aromatic rings. The van der Waals surface area contributed by atoms with E-state index in [2.05, 4.69) is 30.2 Å². The first-order valence-corrected chi connectivity index (χ1v) is 6.54. The monoisotopic (exact) mass is 267 g/mol. The normalized spacial score (nSPS) is 10.9. The first-order chi connectivity index (χ1) is 9.52. The van der Waals surface area contributed by atoms with Crippen LogP contribution in [0.1, 0.15) is 17.0 Å². The fourth-order valence-corrected chi connectivity index (χ4v) is 2.22. The van der Waals surface area contributed by atoms with Gasteiger partial charge in [-0.15, -0.1) is 0 Å². The molecule has 1 heterocycles. The Morgan fingerprint density at radius 1 is 1.05 bits per heavy atom. The predicted molar refractivity (Wildman–Crippen MR) is 82.4 cm³/mol. The van der Waals surface area contributed by atoms with Crippen LogP contribution < -0.4 is 11.1 Å². The molecule has 0 fully saturated rings. The van der Waals surface area contributed by atoms with Crippen molar-refractivity contribution in [2.75, 3.05) is 11.1 Å². The third-order valence-electron chi connectivity index (χ3n) is 3.44. The maximum Gasteiger partial charge on any atom is 0.192 e. The van der Waals surface area contributed by atoms with Crippen molar-refractivity contribution < 1.29 is 4.42 Å². The van der Waals surface area contributed by atoms with Gasteiger partial charge >= 0.3 is 0 Å². The van der Waals surface area contributed by atoms with Crippen molar-refractivity contribution in [2.24, 2.45) is 0 Å². The van der Waals surface area contributed by atoms with E-state index in [4.69, 9.17) is 10.2 Å². The van der Waals surface area contributed by atoms with Crippen molar-refractivity contribution in [3.05, 3.63) is 47.3 Å². The molecule has 102 valence electrons. The number of nitrogens with one attached hydrogen (secondary N) is 1. The van der Waals surface area contributed by atoms with Crippen molar-refractivity contribution in [3.8, 4) is 0 Å². The Bertz CT molecular complexity index is 790. The number of aromatic nitrogens is 1. The van der Waals surface area contributed by atoms with Crippen molar-refractivity contribution in [1.82, 2.24) is 4.98 Å². The van der Waals surface area contributed by atoms with Gasteiger partial charge in [-0.2, -0.15) is 0 Å². The maximum atomic E-state index is 6.06.